The summed E-state index contributed by atoms with van der Waals surface area (Å²) >= 11 is 1.72. The molecular weight excluding hydrogens is 352 g/mol. The van der Waals surface area contributed by atoms with Crippen molar-refractivity contribution in [3.63, 3.8) is 0 Å². The van der Waals surface area contributed by atoms with E-state index in [9.17, 15) is 4.79 Å². The number of carbonyl (C=O) groups excluding carboxylic acids is 1. The van der Waals surface area contributed by atoms with Crippen molar-refractivity contribution in [2.45, 2.75) is 19.4 Å². The van der Waals surface area contributed by atoms with Crippen molar-refractivity contribution >= 4 is 28.6 Å². The Bertz CT molecular complexity index is 885. The minimum Gasteiger partial charge on any atom is -0.488 e. The minimum absolute atomic E-state index is 0.00616. The van der Waals surface area contributed by atoms with Crippen molar-refractivity contribution in [2.24, 2.45) is 0 Å². The highest BCUT2D eigenvalue weighted by atomic mass is 32.2. The van der Waals surface area contributed by atoms with Crippen LogP contribution in [0.4, 0.5) is 0 Å². The number of ether oxygens (including phenoxy) is 2. The molecule has 1 N–H and O–H groups in total. The van der Waals surface area contributed by atoms with E-state index in [4.69, 9.17) is 13.9 Å². The van der Waals surface area contributed by atoms with Crippen molar-refractivity contribution in [3.05, 3.63) is 40.6 Å². The highest BCUT2D eigenvalue weighted by Crippen LogP contribution is 2.40. The molecule has 6 nitrogen and oxygen atoms in total. The van der Waals surface area contributed by atoms with Gasteiger partial charge in [0.05, 0.1) is 19.1 Å². The van der Waals surface area contributed by atoms with Crippen molar-refractivity contribution in [3.8, 4) is 5.75 Å². The summed E-state index contributed by atoms with van der Waals surface area (Å²) < 4.78 is 16.9. The second-order valence-electron chi connectivity index (χ2n) is 6.66. The Morgan fingerprint density at radius 2 is 2.15 bits per heavy atom. The van der Waals surface area contributed by atoms with Gasteiger partial charge in [-0.05, 0) is 38.1 Å². The zero-order chi connectivity index (χ0) is 18.3. The first-order valence-corrected chi connectivity index (χ1v) is 9.55. The van der Waals surface area contributed by atoms with Gasteiger partial charge in [0.2, 0.25) is 0 Å². The average Bonchev–Trinajstić information content (AvgIpc) is 3.14. The first kappa shape index (κ1) is 17.3. The summed E-state index contributed by atoms with van der Waals surface area (Å²) in [5, 5.41) is 3.80. The van der Waals surface area contributed by atoms with Gasteiger partial charge in [0, 0.05) is 23.0 Å². The average molecular weight is 374 g/mol. The molecule has 138 valence electrons. The maximum atomic E-state index is 12.4. The lowest BCUT2D eigenvalue weighted by Gasteiger charge is -2.47. The number of furan rings is 1. The largest absolute Gasteiger partial charge is 0.488 e. The summed E-state index contributed by atoms with van der Waals surface area (Å²) in [5.41, 5.74) is 1.37. The molecule has 0 aliphatic carbocycles. The fraction of sp³-hybridized carbons (Fsp3) is 0.421. The lowest BCUT2D eigenvalue weighted by Crippen LogP contribution is -2.68. The third-order valence-electron chi connectivity index (χ3n) is 5.01. The first-order chi connectivity index (χ1) is 12.5. The van der Waals surface area contributed by atoms with Crippen LogP contribution in [0.15, 0.2) is 39.3 Å². The number of rotatable bonds is 5. The van der Waals surface area contributed by atoms with E-state index < -0.39 is 5.54 Å². The van der Waals surface area contributed by atoms with Crippen LogP contribution in [0.1, 0.15) is 12.7 Å². The number of nitrogens with zero attached hydrogens (tertiary/aromatic N) is 1. The second kappa shape index (κ2) is 6.55. The molecule has 0 saturated carbocycles. The Labute approximate surface area is 156 Å². The van der Waals surface area contributed by atoms with Gasteiger partial charge < -0.3 is 24.1 Å². The van der Waals surface area contributed by atoms with Crippen LogP contribution in [0.3, 0.4) is 0 Å². The monoisotopic (exact) mass is 374 g/mol. The number of thioether (sulfide) groups is 1. The summed E-state index contributed by atoms with van der Waals surface area (Å²) in [6.07, 6.45) is 0. The fourth-order valence-electron chi connectivity index (χ4n) is 3.42. The third kappa shape index (κ3) is 2.75. The van der Waals surface area contributed by atoms with Gasteiger partial charge in [0.25, 0.3) is 5.91 Å². The smallest absolute Gasteiger partial charge is 0.250 e. The van der Waals surface area contributed by atoms with Gasteiger partial charge >= 0.3 is 0 Å². The van der Waals surface area contributed by atoms with E-state index in [-0.39, 0.29) is 5.91 Å². The molecule has 1 amide bonds. The third-order valence-corrected chi connectivity index (χ3v) is 6.15. The number of nitrogens with one attached hydrogen (secondary N) is 1. The summed E-state index contributed by atoms with van der Waals surface area (Å²) in [7, 11) is 1.67. The molecule has 26 heavy (non-hydrogen) atoms. The molecule has 1 fully saturated rings. The topological polar surface area (TPSA) is 63.9 Å². The van der Waals surface area contributed by atoms with Gasteiger partial charge in [-0.1, -0.05) is 0 Å². The lowest BCUT2D eigenvalue weighted by molar-refractivity contribution is -0.163. The van der Waals surface area contributed by atoms with Gasteiger partial charge in [-0.2, -0.15) is 0 Å². The Morgan fingerprint density at radius 3 is 2.85 bits per heavy atom. The number of benzene rings is 1. The normalized spacial score (nSPS) is 19.0. The Morgan fingerprint density at radius 1 is 1.35 bits per heavy atom. The van der Waals surface area contributed by atoms with Crippen LogP contribution < -0.4 is 10.1 Å². The van der Waals surface area contributed by atoms with E-state index in [1.807, 2.05) is 38.1 Å². The zero-order valence-electron chi connectivity index (χ0n) is 15.1. The molecular formula is C19H22N2O4S. The molecule has 1 aromatic carbocycles. The molecule has 7 heteroatoms. The van der Waals surface area contributed by atoms with E-state index >= 15 is 0 Å². The number of amides is 1. The molecule has 3 heterocycles. The molecule has 1 aromatic heterocycles. The molecule has 1 saturated heterocycles. The summed E-state index contributed by atoms with van der Waals surface area (Å²) in [6, 6.07) is 7.84. The van der Waals surface area contributed by atoms with Crippen molar-refractivity contribution < 1.29 is 18.7 Å². The van der Waals surface area contributed by atoms with Gasteiger partial charge in [0.1, 0.15) is 23.7 Å². The maximum absolute atomic E-state index is 12.4. The summed E-state index contributed by atoms with van der Waals surface area (Å²) in [6.45, 7) is 5.32. The van der Waals surface area contributed by atoms with E-state index in [1.165, 1.54) is 0 Å². The molecule has 0 radical (unpaired) electrons. The van der Waals surface area contributed by atoms with Gasteiger partial charge in [0.15, 0.2) is 5.54 Å². The molecule has 2 aromatic rings. The standard InChI is InChI=1S/C19H22N2O4S/c1-12-6-14-7-15(4-5-16(14)25-12)24-8-17-13(2)21(11-26-17)19(9-23-10-19)18(22)20-3/h4-7H,8-11H2,1-3H3,(H,20,22). The number of hydrogen-bond acceptors (Lipinski definition) is 6. The lowest BCUT2D eigenvalue weighted by atomic mass is 9.93. The van der Waals surface area contributed by atoms with E-state index in [0.29, 0.717) is 19.8 Å². The summed E-state index contributed by atoms with van der Waals surface area (Å²) in [5.74, 6) is 2.44. The van der Waals surface area contributed by atoms with Gasteiger partial charge in [-0.25, -0.2) is 0 Å². The van der Waals surface area contributed by atoms with Crippen LogP contribution in [0.2, 0.25) is 0 Å². The zero-order valence-corrected chi connectivity index (χ0v) is 15.9. The fourth-order valence-corrected chi connectivity index (χ4v) is 4.60. The number of hydrogen-bond donors (Lipinski definition) is 1. The predicted molar refractivity (Wildman–Crippen MR) is 101 cm³/mol. The highest BCUT2D eigenvalue weighted by Gasteiger charge is 2.52. The molecule has 2 aliphatic rings. The number of allylic oxidation sites excluding steroid dienone is 1. The Kier molecular flexibility index (Phi) is 4.36. The van der Waals surface area contributed by atoms with Crippen molar-refractivity contribution in [1.82, 2.24) is 10.2 Å². The quantitative estimate of drug-likeness (QED) is 0.868. The van der Waals surface area contributed by atoms with Crippen LogP contribution in [-0.4, -0.2) is 49.1 Å². The summed E-state index contributed by atoms with van der Waals surface area (Å²) in [4.78, 5) is 15.6. The van der Waals surface area contributed by atoms with Crippen LogP contribution in [0, 0.1) is 6.92 Å². The predicted octanol–water partition coefficient (Wildman–Crippen LogP) is 2.87. The molecule has 4 rings (SSSR count). The Balaban J connectivity index is 1.49. The molecule has 0 unspecified atom stereocenters. The second-order valence-corrected chi connectivity index (χ2v) is 7.70. The minimum atomic E-state index is -0.583. The SMILES string of the molecule is CNC(=O)C1(N2CSC(COc3ccc4oc(C)cc4c3)=C2C)COC1. The van der Waals surface area contributed by atoms with Crippen LogP contribution in [0.25, 0.3) is 11.0 Å². The van der Waals surface area contributed by atoms with Gasteiger partial charge in [-0.15, -0.1) is 11.8 Å². The van der Waals surface area contributed by atoms with Crippen LogP contribution >= 0.6 is 11.8 Å². The van der Waals surface area contributed by atoms with Crippen molar-refractivity contribution in [1.29, 1.82) is 0 Å². The maximum Gasteiger partial charge on any atom is 0.250 e. The van der Waals surface area contributed by atoms with Crippen molar-refractivity contribution in [2.75, 3.05) is 32.7 Å². The molecule has 0 bridgehead atoms. The van der Waals surface area contributed by atoms with E-state index in [2.05, 4.69) is 10.2 Å². The van der Waals surface area contributed by atoms with Crippen LogP contribution in [0.5, 0.6) is 5.75 Å². The molecule has 0 spiro atoms. The number of aryl methyl sites for hydroxylation is 1. The van der Waals surface area contributed by atoms with Crippen LogP contribution in [-0.2, 0) is 9.53 Å². The van der Waals surface area contributed by atoms with E-state index in [0.717, 1.165) is 39.0 Å². The number of fused-ring (bicyclic) bond motifs is 1. The first-order valence-electron chi connectivity index (χ1n) is 8.56. The highest BCUT2D eigenvalue weighted by molar-refractivity contribution is 8.03. The Hall–Kier alpha value is -2.12. The molecule has 2 aliphatic heterocycles. The van der Waals surface area contributed by atoms with Gasteiger partial charge in [-0.3, -0.25) is 4.79 Å². The number of carbonyl (C=O) groups is 1. The van der Waals surface area contributed by atoms with E-state index in [1.54, 1.807) is 18.8 Å². The number of likely N-dealkylation sites (N-methyl/N-ethyl adjacent to an activating group) is 1. The molecule has 0 atom stereocenters.